The molecule has 8 heavy (non-hydrogen) atoms. The highest BCUT2D eigenvalue weighted by Crippen LogP contribution is 1.76. The first kappa shape index (κ1) is 7.88. The molecule has 0 unspecified atom stereocenters. The average Bonchev–Trinajstić information content (AvgIpc) is 1.66. The second kappa shape index (κ2) is 5.03. The molecular formula is C5H13NO2. The maximum atomic E-state index is 4.99. The maximum Gasteiger partial charge on any atom is 0.0918 e. The molecule has 0 radical (unpaired) electrons. The SMILES string of the molecule is COCCON(C)C. The Labute approximate surface area is 50.1 Å². The molecule has 50 valence electrons. The van der Waals surface area contributed by atoms with Crippen LogP contribution in [0.3, 0.4) is 0 Å². The molecule has 0 amide bonds. The first-order chi connectivity index (χ1) is 3.77. The molecule has 3 heteroatoms. The largest absolute Gasteiger partial charge is 0.382 e. The molecule has 0 heterocycles. The van der Waals surface area contributed by atoms with Crippen LogP contribution in [0.15, 0.2) is 0 Å². The Morgan fingerprint density at radius 3 is 2.25 bits per heavy atom. The van der Waals surface area contributed by atoms with Crippen LogP contribution in [0.1, 0.15) is 0 Å². The lowest BCUT2D eigenvalue weighted by atomic mass is 10.8. The number of hydrogen-bond acceptors (Lipinski definition) is 3. The quantitative estimate of drug-likeness (QED) is 0.388. The van der Waals surface area contributed by atoms with Crippen molar-refractivity contribution in [1.82, 2.24) is 5.06 Å². The molecule has 0 aromatic carbocycles. The molecule has 0 saturated carbocycles. The highest BCUT2D eigenvalue weighted by atomic mass is 16.7. The highest BCUT2D eigenvalue weighted by Gasteiger charge is 1.85. The fourth-order valence-corrected chi connectivity index (χ4v) is 0.303. The van der Waals surface area contributed by atoms with E-state index < -0.39 is 0 Å². The Hall–Kier alpha value is -0.120. The van der Waals surface area contributed by atoms with Crippen molar-refractivity contribution in [1.29, 1.82) is 0 Å². The second-order valence-electron chi connectivity index (χ2n) is 1.64. The summed E-state index contributed by atoms with van der Waals surface area (Å²) in [4.78, 5) is 4.99. The number of methoxy groups -OCH3 is 1. The number of ether oxygens (including phenoxy) is 1. The molecule has 0 bridgehead atoms. The second-order valence-corrected chi connectivity index (χ2v) is 1.64. The summed E-state index contributed by atoms with van der Waals surface area (Å²) < 4.78 is 4.74. The summed E-state index contributed by atoms with van der Waals surface area (Å²) in [7, 11) is 5.34. The van der Waals surface area contributed by atoms with E-state index in [1.54, 1.807) is 12.2 Å². The van der Waals surface area contributed by atoms with Gasteiger partial charge in [-0.1, -0.05) is 0 Å². The van der Waals surface area contributed by atoms with Crippen molar-refractivity contribution in [3.63, 3.8) is 0 Å². The van der Waals surface area contributed by atoms with E-state index in [0.29, 0.717) is 13.2 Å². The van der Waals surface area contributed by atoms with Gasteiger partial charge in [-0.15, -0.1) is 0 Å². The lowest BCUT2D eigenvalue weighted by Crippen LogP contribution is -2.15. The van der Waals surface area contributed by atoms with Gasteiger partial charge in [0.25, 0.3) is 0 Å². The van der Waals surface area contributed by atoms with Crippen LogP contribution in [-0.2, 0) is 9.57 Å². The fourth-order valence-electron chi connectivity index (χ4n) is 0.303. The zero-order valence-corrected chi connectivity index (χ0v) is 5.68. The number of rotatable bonds is 4. The van der Waals surface area contributed by atoms with E-state index in [1.807, 2.05) is 14.1 Å². The maximum absolute atomic E-state index is 4.99. The van der Waals surface area contributed by atoms with Gasteiger partial charge in [-0.05, 0) is 0 Å². The van der Waals surface area contributed by atoms with Crippen LogP contribution < -0.4 is 0 Å². The molecular weight excluding hydrogens is 106 g/mol. The highest BCUT2D eigenvalue weighted by molar-refractivity contribution is 4.20. The number of hydroxylamine groups is 2. The van der Waals surface area contributed by atoms with Gasteiger partial charge in [0.15, 0.2) is 0 Å². The van der Waals surface area contributed by atoms with Crippen molar-refractivity contribution in [3.8, 4) is 0 Å². The van der Waals surface area contributed by atoms with Crippen LogP contribution in [-0.4, -0.2) is 39.5 Å². The summed E-state index contributed by atoms with van der Waals surface area (Å²) >= 11 is 0. The fraction of sp³-hybridized carbons (Fsp3) is 1.00. The molecule has 0 aliphatic heterocycles. The van der Waals surface area contributed by atoms with Gasteiger partial charge in [-0.3, -0.25) is 4.84 Å². The van der Waals surface area contributed by atoms with Gasteiger partial charge < -0.3 is 4.74 Å². The average molecular weight is 119 g/mol. The Bertz CT molecular complexity index is 47.7. The first-order valence-electron chi connectivity index (χ1n) is 2.56. The Morgan fingerprint density at radius 2 is 1.88 bits per heavy atom. The van der Waals surface area contributed by atoms with Gasteiger partial charge in [-0.25, -0.2) is 0 Å². The van der Waals surface area contributed by atoms with E-state index in [0.717, 1.165) is 0 Å². The van der Waals surface area contributed by atoms with Gasteiger partial charge in [0.05, 0.1) is 13.2 Å². The van der Waals surface area contributed by atoms with E-state index in [9.17, 15) is 0 Å². The summed E-state index contributed by atoms with van der Waals surface area (Å²) in [6.07, 6.45) is 0. The predicted molar refractivity (Wildman–Crippen MR) is 31.5 cm³/mol. The molecule has 0 aliphatic carbocycles. The van der Waals surface area contributed by atoms with E-state index in [1.165, 1.54) is 0 Å². The van der Waals surface area contributed by atoms with E-state index >= 15 is 0 Å². The topological polar surface area (TPSA) is 21.7 Å². The standard InChI is InChI=1S/C5H13NO2/c1-6(2)8-5-4-7-3/h4-5H2,1-3H3. The normalized spacial score (nSPS) is 10.5. The van der Waals surface area contributed by atoms with Crippen LogP contribution in [0.5, 0.6) is 0 Å². The van der Waals surface area contributed by atoms with Crippen molar-refractivity contribution >= 4 is 0 Å². The van der Waals surface area contributed by atoms with Crippen molar-refractivity contribution in [2.75, 3.05) is 34.4 Å². The van der Waals surface area contributed by atoms with E-state index in [4.69, 9.17) is 9.57 Å². The molecule has 0 aromatic heterocycles. The van der Waals surface area contributed by atoms with Gasteiger partial charge in [0.2, 0.25) is 0 Å². The van der Waals surface area contributed by atoms with E-state index in [2.05, 4.69) is 0 Å². The third-order valence-electron chi connectivity index (χ3n) is 0.637. The molecule has 0 atom stereocenters. The van der Waals surface area contributed by atoms with Gasteiger partial charge in [0, 0.05) is 21.2 Å². The summed E-state index contributed by atoms with van der Waals surface area (Å²) in [5.41, 5.74) is 0. The van der Waals surface area contributed by atoms with Gasteiger partial charge in [-0.2, -0.15) is 5.06 Å². The third kappa shape index (κ3) is 5.88. The lowest BCUT2D eigenvalue weighted by molar-refractivity contribution is -0.131. The van der Waals surface area contributed by atoms with Crippen LogP contribution >= 0.6 is 0 Å². The molecule has 0 aromatic rings. The molecule has 3 nitrogen and oxygen atoms in total. The first-order valence-corrected chi connectivity index (χ1v) is 2.56. The molecule has 0 rings (SSSR count). The molecule has 0 aliphatic rings. The Balaban J connectivity index is 2.72. The number of hydrogen-bond donors (Lipinski definition) is 0. The summed E-state index contributed by atoms with van der Waals surface area (Å²) in [5, 5.41) is 1.65. The minimum absolute atomic E-state index is 0.628. The van der Waals surface area contributed by atoms with Crippen LogP contribution in [0.2, 0.25) is 0 Å². The molecule has 0 fully saturated rings. The van der Waals surface area contributed by atoms with Crippen LogP contribution in [0.25, 0.3) is 0 Å². The van der Waals surface area contributed by atoms with Gasteiger partial charge >= 0.3 is 0 Å². The zero-order valence-electron chi connectivity index (χ0n) is 5.68. The lowest BCUT2D eigenvalue weighted by Gasteiger charge is -2.08. The third-order valence-corrected chi connectivity index (χ3v) is 0.637. The minimum atomic E-state index is 0.628. The van der Waals surface area contributed by atoms with Crippen molar-refractivity contribution in [2.24, 2.45) is 0 Å². The van der Waals surface area contributed by atoms with Crippen LogP contribution in [0.4, 0.5) is 0 Å². The summed E-state index contributed by atoms with van der Waals surface area (Å²) in [6, 6.07) is 0. The van der Waals surface area contributed by atoms with Crippen molar-refractivity contribution in [2.45, 2.75) is 0 Å². The Morgan fingerprint density at radius 1 is 1.25 bits per heavy atom. The predicted octanol–water partition coefficient (Wildman–Crippen LogP) is 0.126. The summed E-state index contributed by atoms with van der Waals surface area (Å²) in [6.45, 7) is 1.28. The minimum Gasteiger partial charge on any atom is -0.382 e. The number of nitrogens with zero attached hydrogens (tertiary/aromatic N) is 1. The van der Waals surface area contributed by atoms with Crippen LogP contribution in [0, 0.1) is 0 Å². The van der Waals surface area contributed by atoms with Crippen molar-refractivity contribution in [3.05, 3.63) is 0 Å². The Kier molecular flexibility index (Phi) is 4.95. The smallest absolute Gasteiger partial charge is 0.0918 e. The zero-order chi connectivity index (χ0) is 6.41. The summed E-state index contributed by atoms with van der Waals surface area (Å²) in [5.74, 6) is 0. The molecule has 0 N–H and O–H groups in total. The molecule has 0 spiro atoms. The van der Waals surface area contributed by atoms with Crippen molar-refractivity contribution < 1.29 is 9.57 Å². The monoisotopic (exact) mass is 119 g/mol. The van der Waals surface area contributed by atoms with E-state index in [-0.39, 0.29) is 0 Å². The van der Waals surface area contributed by atoms with Gasteiger partial charge in [0.1, 0.15) is 0 Å². The molecule has 0 saturated heterocycles.